The van der Waals surface area contributed by atoms with Gasteiger partial charge < -0.3 is 15.3 Å². The first kappa shape index (κ1) is 15.5. The van der Waals surface area contributed by atoms with Crippen LogP contribution in [0.25, 0.3) is 0 Å². The lowest BCUT2D eigenvalue weighted by atomic mass is 10.1. The van der Waals surface area contributed by atoms with E-state index >= 15 is 0 Å². The van der Waals surface area contributed by atoms with Gasteiger partial charge in [-0.2, -0.15) is 0 Å². The number of benzene rings is 1. The van der Waals surface area contributed by atoms with Crippen LogP contribution in [-0.4, -0.2) is 36.8 Å². The Morgan fingerprint density at radius 3 is 2.21 bits per heavy atom. The van der Waals surface area contributed by atoms with Crippen LogP contribution in [0, 0.1) is 0 Å². The predicted molar refractivity (Wildman–Crippen MR) is 78.6 cm³/mol. The molecule has 0 aliphatic rings. The van der Waals surface area contributed by atoms with Crippen LogP contribution in [-0.2, 0) is 0 Å². The second-order valence-electron chi connectivity index (χ2n) is 4.48. The van der Waals surface area contributed by atoms with Gasteiger partial charge in [0.15, 0.2) is 0 Å². The fourth-order valence-electron chi connectivity index (χ4n) is 1.96. The maximum Gasteiger partial charge on any atom is 0.251 e. The van der Waals surface area contributed by atoms with Gasteiger partial charge in [-0.1, -0.05) is 6.92 Å². The number of hydrogen-bond acceptors (Lipinski definition) is 3. The number of amides is 1. The first-order valence-electron chi connectivity index (χ1n) is 6.92. The van der Waals surface area contributed by atoms with Crippen molar-refractivity contribution in [3.05, 3.63) is 29.8 Å². The number of rotatable bonds is 7. The van der Waals surface area contributed by atoms with E-state index in [1.165, 1.54) is 0 Å². The van der Waals surface area contributed by atoms with Crippen LogP contribution in [0.5, 0.6) is 0 Å². The quantitative estimate of drug-likeness (QED) is 0.792. The van der Waals surface area contributed by atoms with Crippen LogP contribution in [0.3, 0.4) is 0 Å². The highest BCUT2D eigenvalue weighted by molar-refractivity contribution is 5.94. The molecule has 1 aromatic carbocycles. The molecular weight excluding hydrogens is 240 g/mol. The van der Waals surface area contributed by atoms with E-state index in [0.29, 0.717) is 5.56 Å². The van der Waals surface area contributed by atoms with E-state index in [2.05, 4.69) is 24.1 Å². The molecule has 0 unspecified atom stereocenters. The highest BCUT2D eigenvalue weighted by Gasteiger charge is 2.11. The van der Waals surface area contributed by atoms with Gasteiger partial charge in [-0.25, -0.2) is 0 Å². The molecular formula is C15H24N2O2. The number of aliphatic hydroxyl groups excluding tert-OH is 1. The third kappa shape index (κ3) is 4.24. The number of nitrogens with zero attached hydrogens (tertiary/aromatic N) is 1. The first-order valence-corrected chi connectivity index (χ1v) is 6.92. The van der Waals surface area contributed by atoms with E-state index in [9.17, 15) is 4.79 Å². The van der Waals surface area contributed by atoms with Crippen molar-refractivity contribution in [2.75, 3.05) is 24.6 Å². The summed E-state index contributed by atoms with van der Waals surface area (Å²) in [5.74, 6) is -0.132. The van der Waals surface area contributed by atoms with E-state index in [0.717, 1.165) is 25.2 Å². The van der Waals surface area contributed by atoms with Crippen LogP contribution in [0.15, 0.2) is 24.3 Å². The lowest BCUT2D eigenvalue weighted by Crippen LogP contribution is -2.36. The highest BCUT2D eigenvalue weighted by Crippen LogP contribution is 2.15. The zero-order chi connectivity index (χ0) is 14.3. The molecule has 0 heterocycles. The summed E-state index contributed by atoms with van der Waals surface area (Å²) < 4.78 is 0. The van der Waals surface area contributed by atoms with Crippen molar-refractivity contribution in [3.8, 4) is 0 Å². The van der Waals surface area contributed by atoms with Gasteiger partial charge >= 0.3 is 0 Å². The summed E-state index contributed by atoms with van der Waals surface area (Å²) >= 11 is 0. The Bertz CT molecular complexity index is 382. The summed E-state index contributed by atoms with van der Waals surface area (Å²) in [4.78, 5) is 14.2. The molecule has 0 saturated carbocycles. The van der Waals surface area contributed by atoms with Crippen LogP contribution in [0.2, 0.25) is 0 Å². The molecule has 0 aliphatic carbocycles. The van der Waals surface area contributed by atoms with Crippen molar-refractivity contribution < 1.29 is 9.90 Å². The Labute approximate surface area is 115 Å². The van der Waals surface area contributed by atoms with Crippen molar-refractivity contribution in [3.63, 3.8) is 0 Å². The molecule has 0 saturated heterocycles. The molecule has 0 bridgehead atoms. The number of carbonyl (C=O) groups excluding carboxylic acids is 1. The van der Waals surface area contributed by atoms with E-state index in [-0.39, 0.29) is 18.6 Å². The van der Waals surface area contributed by atoms with Gasteiger partial charge in [0.1, 0.15) is 0 Å². The van der Waals surface area contributed by atoms with E-state index in [4.69, 9.17) is 5.11 Å². The molecule has 2 N–H and O–H groups in total. The number of hydrogen-bond donors (Lipinski definition) is 2. The molecule has 19 heavy (non-hydrogen) atoms. The molecule has 106 valence electrons. The monoisotopic (exact) mass is 264 g/mol. The van der Waals surface area contributed by atoms with Gasteiger partial charge in [-0.15, -0.1) is 0 Å². The summed E-state index contributed by atoms with van der Waals surface area (Å²) in [7, 11) is 0. The van der Waals surface area contributed by atoms with E-state index in [1.807, 2.05) is 31.2 Å². The zero-order valence-corrected chi connectivity index (χ0v) is 12.0. The molecule has 0 aromatic heterocycles. The van der Waals surface area contributed by atoms with Gasteiger partial charge in [-0.3, -0.25) is 4.79 Å². The maximum atomic E-state index is 12.0. The summed E-state index contributed by atoms with van der Waals surface area (Å²) in [6.45, 7) is 8.02. The van der Waals surface area contributed by atoms with Crippen molar-refractivity contribution >= 4 is 11.6 Å². The Morgan fingerprint density at radius 1 is 1.21 bits per heavy atom. The molecule has 4 nitrogen and oxygen atoms in total. The summed E-state index contributed by atoms with van der Waals surface area (Å²) in [5.41, 5.74) is 1.75. The topological polar surface area (TPSA) is 52.6 Å². The van der Waals surface area contributed by atoms with E-state index < -0.39 is 0 Å². The lowest BCUT2D eigenvalue weighted by Gasteiger charge is -2.21. The van der Waals surface area contributed by atoms with Gasteiger partial charge in [0.05, 0.1) is 12.6 Å². The normalized spacial score (nSPS) is 12.0. The smallest absolute Gasteiger partial charge is 0.251 e. The zero-order valence-electron chi connectivity index (χ0n) is 12.0. The van der Waals surface area contributed by atoms with Crippen LogP contribution >= 0.6 is 0 Å². The van der Waals surface area contributed by atoms with Crippen molar-refractivity contribution in [2.24, 2.45) is 0 Å². The average molecular weight is 264 g/mol. The number of anilines is 1. The summed E-state index contributed by atoms with van der Waals surface area (Å²) in [5, 5.41) is 11.9. The number of nitrogens with one attached hydrogen (secondary N) is 1. The van der Waals surface area contributed by atoms with E-state index in [1.54, 1.807) is 0 Å². The fraction of sp³-hybridized carbons (Fsp3) is 0.533. The minimum Gasteiger partial charge on any atom is -0.394 e. The second-order valence-corrected chi connectivity index (χ2v) is 4.48. The molecule has 0 aliphatic heterocycles. The molecule has 0 spiro atoms. The van der Waals surface area contributed by atoms with Crippen molar-refractivity contribution in [1.82, 2.24) is 5.32 Å². The highest BCUT2D eigenvalue weighted by atomic mass is 16.3. The van der Waals surface area contributed by atoms with Gasteiger partial charge in [0.25, 0.3) is 5.91 Å². The van der Waals surface area contributed by atoms with Gasteiger partial charge in [-0.05, 0) is 44.5 Å². The largest absolute Gasteiger partial charge is 0.394 e. The van der Waals surface area contributed by atoms with Crippen molar-refractivity contribution in [1.29, 1.82) is 0 Å². The third-order valence-corrected chi connectivity index (χ3v) is 3.31. The first-order chi connectivity index (χ1) is 9.15. The Kier molecular flexibility index (Phi) is 6.36. The third-order valence-electron chi connectivity index (χ3n) is 3.31. The second kappa shape index (κ2) is 7.79. The predicted octanol–water partition coefficient (Wildman–Crippen LogP) is 2.03. The lowest BCUT2D eigenvalue weighted by molar-refractivity contribution is 0.0915. The van der Waals surface area contributed by atoms with Crippen molar-refractivity contribution in [2.45, 2.75) is 33.2 Å². The van der Waals surface area contributed by atoms with Crippen LogP contribution < -0.4 is 10.2 Å². The van der Waals surface area contributed by atoms with Crippen LogP contribution in [0.4, 0.5) is 5.69 Å². The molecule has 0 radical (unpaired) electrons. The SMILES string of the molecule is CC[C@@H](CO)NC(=O)c1ccc(N(CC)CC)cc1. The molecule has 4 heteroatoms. The molecule has 1 atom stereocenters. The average Bonchev–Trinajstić information content (AvgIpc) is 2.46. The number of aliphatic hydroxyl groups is 1. The summed E-state index contributed by atoms with van der Waals surface area (Å²) in [6.07, 6.45) is 0.722. The Hall–Kier alpha value is -1.55. The Balaban J connectivity index is 2.72. The molecule has 1 rings (SSSR count). The number of carbonyl (C=O) groups is 1. The molecule has 0 fully saturated rings. The van der Waals surface area contributed by atoms with Gasteiger partial charge in [0, 0.05) is 24.3 Å². The molecule has 1 aromatic rings. The minimum absolute atomic E-state index is 0.0280. The standard InChI is InChI=1S/C15H24N2O2/c1-4-13(11-18)16-15(19)12-7-9-14(10-8-12)17(5-2)6-3/h7-10,13,18H,4-6,11H2,1-3H3,(H,16,19)/t13-/m0/s1. The van der Waals surface area contributed by atoms with Gasteiger partial charge in [0.2, 0.25) is 0 Å². The minimum atomic E-state index is -0.171. The van der Waals surface area contributed by atoms with Crippen LogP contribution in [0.1, 0.15) is 37.6 Å². The maximum absolute atomic E-state index is 12.0. The fourth-order valence-corrected chi connectivity index (χ4v) is 1.96. The summed E-state index contributed by atoms with van der Waals surface area (Å²) in [6, 6.07) is 7.40. The molecule has 1 amide bonds. The Morgan fingerprint density at radius 2 is 1.79 bits per heavy atom.